The average molecular weight is 370 g/mol. The summed E-state index contributed by atoms with van der Waals surface area (Å²) in [5, 5.41) is 1.08. The lowest BCUT2D eigenvalue weighted by atomic mass is 10.2. The molecular weight excluding hydrogens is 350 g/mol. The number of hydrogen-bond acceptors (Lipinski definition) is 3. The van der Waals surface area contributed by atoms with Crippen molar-refractivity contribution in [1.29, 1.82) is 0 Å². The lowest BCUT2D eigenvalue weighted by Crippen LogP contribution is -2.27. The summed E-state index contributed by atoms with van der Waals surface area (Å²) in [4.78, 5) is 21.7. The van der Waals surface area contributed by atoms with Crippen molar-refractivity contribution in [2.75, 3.05) is 13.1 Å². The summed E-state index contributed by atoms with van der Waals surface area (Å²) in [7, 11) is 0. The quantitative estimate of drug-likeness (QED) is 0.645. The second-order valence-electron chi connectivity index (χ2n) is 6.09. The van der Waals surface area contributed by atoms with Crippen LogP contribution >= 0.6 is 22.7 Å². The first kappa shape index (κ1) is 16.3. The predicted octanol–water partition coefficient (Wildman–Crippen LogP) is 4.69. The van der Waals surface area contributed by atoms with Crippen molar-refractivity contribution in [3.8, 4) is 15.4 Å². The highest BCUT2D eigenvalue weighted by Crippen LogP contribution is 2.30. The van der Waals surface area contributed by atoms with E-state index in [1.165, 1.54) is 10.4 Å². The number of aryl methyl sites for hydroxylation is 1. The molecule has 4 nitrogen and oxygen atoms in total. The Kier molecular flexibility index (Phi) is 4.55. The van der Waals surface area contributed by atoms with E-state index in [1.807, 2.05) is 34.6 Å². The Balaban J connectivity index is 1.70. The molecule has 0 N–H and O–H groups in total. The number of carbonyl (C=O) groups excluding carboxylic acids is 1. The van der Waals surface area contributed by atoms with Gasteiger partial charge in [0.25, 0.3) is 0 Å². The molecule has 0 bridgehead atoms. The number of carbonyl (C=O) groups is 1. The van der Waals surface area contributed by atoms with Crippen molar-refractivity contribution in [1.82, 2.24) is 9.47 Å². The monoisotopic (exact) mass is 369 g/mol. The first-order valence-electron chi connectivity index (χ1n) is 8.39. The van der Waals surface area contributed by atoms with Crippen LogP contribution in [-0.4, -0.2) is 28.6 Å². The van der Waals surface area contributed by atoms with Gasteiger partial charge in [0.2, 0.25) is 0 Å². The van der Waals surface area contributed by atoms with Crippen LogP contribution in [0, 0.1) is 6.92 Å². The molecule has 6 heteroatoms. The van der Waals surface area contributed by atoms with Crippen molar-refractivity contribution in [2.24, 2.45) is 4.99 Å². The van der Waals surface area contributed by atoms with Crippen LogP contribution < -0.4 is 4.80 Å². The van der Waals surface area contributed by atoms with Crippen molar-refractivity contribution < 1.29 is 4.79 Å². The van der Waals surface area contributed by atoms with Gasteiger partial charge >= 0.3 is 6.03 Å². The largest absolute Gasteiger partial charge is 0.346 e. The standard InChI is InChI=1S/C19H19N3OS2/c1-14-13-22(19(24-14)20-18(23)21-11-5-6-12-21)17-10-9-16(25-17)15-7-3-2-4-8-15/h2-4,7-10,13H,5-6,11-12H2,1H3/b20-19-. The zero-order valence-electron chi connectivity index (χ0n) is 14.0. The number of nitrogens with zero attached hydrogens (tertiary/aromatic N) is 3. The van der Waals surface area contributed by atoms with Gasteiger partial charge in [-0.2, -0.15) is 4.99 Å². The van der Waals surface area contributed by atoms with Crippen LogP contribution in [0.5, 0.6) is 0 Å². The third kappa shape index (κ3) is 3.45. The first-order chi connectivity index (χ1) is 12.2. The highest BCUT2D eigenvalue weighted by atomic mass is 32.1. The summed E-state index contributed by atoms with van der Waals surface area (Å²) in [6.45, 7) is 3.69. The van der Waals surface area contributed by atoms with Crippen LogP contribution in [0.2, 0.25) is 0 Å². The molecule has 2 amide bonds. The number of thiazole rings is 1. The predicted molar refractivity (Wildman–Crippen MR) is 103 cm³/mol. The molecule has 2 aromatic heterocycles. The fourth-order valence-electron chi connectivity index (χ4n) is 2.97. The number of benzene rings is 1. The molecule has 4 rings (SSSR count). The third-order valence-electron chi connectivity index (χ3n) is 4.22. The van der Waals surface area contributed by atoms with Crippen molar-refractivity contribution >= 4 is 28.7 Å². The number of rotatable bonds is 2. The Bertz CT molecular complexity index is 946. The van der Waals surface area contributed by atoms with Gasteiger partial charge in [0.15, 0.2) is 4.80 Å². The Morgan fingerprint density at radius 3 is 2.56 bits per heavy atom. The molecule has 0 spiro atoms. The molecule has 25 heavy (non-hydrogen) atoms. The maximum Gasteiger partial charge on any atom is 0.346 e. The zero-order chi connectivity index (χ0) is 17.2. The summed E-state index contributed by atoms with van der Waals surface area (Å²) in [6, 6.07) is 14.4. The van der Waals surface area contributed by atoms with Crippen LogP contribution in [-0.2, 0) is 0 Å². The molecular formula is C19H19N3OS2. The molecule has 0 radical (unpaired) electrons. The van der Waals surface area contributed by atoms with E-state index >= 15 is 0 Å². The van der Waals surface area contributed by atoms with Gasteiger partial charge in [-0.25, -0.2) is 4.79 Å². The van der Waals surface area contributed by atoms with Crippen LogP contribution in [0.15, 0.2) is 53.7 Å². The van der Waals surface area contributed by atoms with Gasteiger partial charge in [-0.15, -0.1) is 22.7 Å². The van der Waals surface area contributed by atoms with E-state index in [9.17, 15) is 4.79 Å². The molecule has 3 heterocycles. The highest BCUT2D eigenvalue weighted by Gasteiger charge is 2.17. The molecule has 1 aromatic carbocycles. The van der Waals surface area contributed by atoms with Gasteiger partial charge in [-0.1, -0.05) is 30.3 Å². The number of urea groups is 1. The number of aromatic nitrogens is 1. The van der Waals surface area contributed by atoms with E-state index in [0.29, 0.717) is 0 Å². The van der Waals surface area contributed by atoms with Gasteiger partial charge < -0.3 is 4.90 Å². The SMILES string of the molecule is Cc1cn(-c2ccc(-c3ccccc3)s2)/c(=N/C(=O)N2CCCC2)s1. The highest BCUT2D eigenvalue weighted by molar-refractivity contribution is 7.18. The Morgan fingerprint density at radius 2 is 1.80 bits per heavy atom. The zero-order valence-corrected chi connectivity index (χ0v) is 15.6. The van der Waals surface area contributed by atoms with Crippen molar-refractivity contribution in [3.05, 3.63) is 58.3 Å². The minimum atomic E-state index is -0.118. The average Bonchev–Trinajstić information content (AvgIpc) is 3.36. The van der Waals surface area contributed by atoms with Crippen molar-refractivity contribution in [2.45, 2.75) is 19.8 Å². The van der Waals surface area contributed by atoms with Crippen LogP contribution in [0.1, 0.15) is 17.7 Å². The van der Waals surface area contributed by atoms with Gasteiger partial charge in [0.1, 0.15) is 5.00 Å². The number of likely N-dealkylation sites (tertiary alicyclic amines) is 1. The molecule has 1 aliphatic rings. The summed E-state index contributed by atoms with van der Waals surface area (Å²) < 4.78 is 2.03. The normalized spacial score (nSPS) is 15.1. The summed E-state index contributed by atoms with van der Waals surface area (Å²) in [5.41, 5.74) is 1.21. The molecule has 1 fully saturated rings. The summed E-state index contributed by atoms with van der Waals surface area (Å²) >= 11 is 3.27. The van der Waals surface area contributed by atoms with E-state index in [2.05, 4.69) is 35.5 Å². The Hall–Kier alpha value is -2.18. The van der Waals surface area contributed by atoms with Crippen LogP contribution in [0.4, 0.5) is 4.79 Å². The molecule has 0 unspecified atom stereocenters. The minimum Gasteiger partial charge on any atom is -0.323 e. The molecule has 3 aromatic rings. The van der Waals surface area contributed by atoms with Crippen molar-refractivity contribution in [3.63, 3.8) is 0 Å². The lowest BCUT2D eigenvalue weighted by molar-refractivity contribution is 0.218. The van der Waals surface area contributed by atoms with Crippen LogP contribution in [0.25, 0.3) is 15.4 Å². The minimum absolute atomic E-state index is 0.118. The smallest absolute Gasteiger partial charge is 0.323 e. The molecule has 0 atom stereocenters. The van der Waals surface area contributed by atoms with E-state index in [4.69, 9.17) is 0 Å². The van der Waals surface area contributed by atoms with Gasteiger partial charge in [-0.3, -0.25) is 4.57 Å². The number of amides is 2. The van der Waals surface area contributed by atoms with E-state index in [-0.39, 0.29) is 6.03 Å². The van der Waals surface area contributed by atoms with Gasteiger partial charge in [-0.05, 0) is 37.5 Å². The van der Waals surface area contributed by atoms with E-state index in [1.54, 1.807) is 22.7 Å². The molecule has 0 aliphatic carbocycles. The van der Waals surface area contributed by atoms with E-state index < -0.39 is 0 Å². The maximum atomic E-state index is 12.4. The molecule has 1 aliphatic heterocycles. The van der Waals surface area contributed by atoms with Crippen LogP contribution in [0.3, 0.4) is 0 Å². The number of thiophene rings is 1. The lowest BCUT2D eigenvalue weighted by Gasteiger charge is -2.10. The topological polar surface area (TPSA) is 37.6 Å². The Labute approximate surface area is 154 Å². The fraction of sp³-hybridized carbons (Fsp3) is 0.263. The fourth-order valence-corrected chi connectivity index (χ4v) is 4.83. The Morgan fingerprint density at radius 1 is 1.04 bits per heavy atom. The van der Waals surface area contributed by atoms with Gasteiger partial charge in [0, 0.05) is 29.0 Å². The third-order valence-corrected chi connectivity index (χ3v) is 6.26. The van der Waals surface area contributed by atoms with E-state index in [0.717, 1.165) is 40.6 Å². The number of hydrogen-bond donors (Lipinski definition) is 0. The second kappa shape index (κ2) is 6.98. The second-order valence-corrected chi connectivity index (χ2v) is 8.36. The first-order valence-corrected chi connectivity index (χ1v) is 10.0. The summed E-state index contributed by atoms with van der Waals surface area (Å²) in [5.74, 6) is 0. The molecule has 1 saturated heterocycles. The van der Waals surface area contributed by atoms with Gasteiger partial charge in [0.05, 0.1) is 0 Å². The molecule has 128 valence electrons. The summed E-state index contributed by atoms with van der Waals surface area (Å²) in [6.07, 6.45) is 4.22. The maximum absolute atomic E-state index is 12.4. The molecule has 0 saturated carbocycles.